The van der Waals surface area contributed by atoms with Gasteiger partial charge in [-0.3, -0.25) is 4.79 Å². The van der Waals surface area contributed by atoms with Gasteiger partial charge in [-0.15, -0.1) is 10.2 Å². The van der Waals surface area contributed by atoms with E-state index in [1.165, 1.54) is 6.07 Å². The third-order valence-electron chi connectivity index (χ3n) is 2.26. The molecule has 20 heavy (non-hydrogen) atoms. The zero-order valence-electron chi connectivity index (χ0n) is 10.4. The SMILES string of the molecule is CCOc1ncccc1NC(=O)c1cc(Cl)nnc1Cl. The topological polar surface area (TPSA) is 77.0 Å². The molecule has 0 saturated carbocycles. The molecule has 0 aromatic carbocycles. The number of carbonyl (C=O) groups excluding carboxylic acids is 1. The highest BCUT2D eigenvalue weighted by Gasteiger charge is 2.15. The van der Waals surface area contributed by atoms with Gasteiger partial charge >= 0.3 is 0 Å². The quantitative estimate of drug-likeness (QED) is 0.939. The van der Waals surface area contributed by atoms with Crippen molar-refractivity contribution >= 4 is 34.8 Å². The van der Waals surface area contributed by atoms with E-state index in [0.29, 0.717) is 18.2 Å². The summed E-state index contributed by atoms with van der Waals surface area (Å²) in [6.45, 7) is 2.26. The highest BCUT2D eigenvalue weighted by molar-refractivity contribution is 6.34. The molecule has 6 nitrogen and oxygen atoms in total. The number of amides is 1. The number of anilines is 1. The Labute approximate surface area is 125 Å². The summed E-state index contributed by atoms with van der Waals surface area (Å²) in [5.74, 6) is -0.145. The van der Waals surface area contributed by atoms with E-state index >= 15 is 0 Å². The van der Waals surface area contributed by atoms with Crippen LogP contribution in [0.4, 0.5) is 5.69 Å². The van der Waals surface area contributed by atoms with E-state index in [4.69, 9.17) is 27.9 Å². The van der Waals surface area contributed by atoms with E-state index in [1.54, 1.807) is 18.3 Å². The lowest BCUT2D eigenvalue weighted by Crippen LogP contribution is -2.14. The molecule has 0 bridgehead atoms. The lowest BCUT2D eigenvalue weighted by Gasteiger charge is -2.10. The van der Waals surface area contributed by atoms with Crippen LogP contribution in [0, 0.1) is 0 Å². The molecule has 0 aliphatic rings. The average Bonchev–Trinajstić information content (AvgIpc) is 2.44. The fourth-order valence-corrected chi connectivity index (χ4v) is 1.76. The average molecular weight is 313 g/mol. The maximum Gasteiger partial charge on any atom is 0.259 e. The van der Waals surface area contributed by atoms with Gasteiger partial charge < -0.3 is 10.1 Å². The fourth-order valence-electron chi connectivity index (χ4n) is 1.44. The molecule has 104 valence electrons. The van der Waals surface area contributed by atoms with Gasteiger partial charge in [0.05, 0.1) is 12.2 Å². The summed E-state index contributed by atoms with van der Waals surface area (Å²) >= 11 is 11.5. The van der Waals surface area contributed by atoms with Crippen molar-refractivity contribution < 1.29 is 9.53 Å². The first-order valence-corrected chi connectivity index (χ1v) is 6.45. The Hall–Kier alpha value is -1.92. The Bertz CT molecular complexity index is 637. The van der Waals surface area contributed by atoms with Crippen LogP contribution in [0.2, 0.25) is 10.3 Å². The number of aromatic nitrogens is 3. The monoisotopic (exact) mass is 312 g/mol. The molecule has 0 radical (unpaired) electrons. The number of carbonyl (C=O) groups is 1. The molecule has 0 fully saturated rings. The second-order valence-corrected chi connectivity index (χ2v) is 4.36. The Morgan fingerprint density at radius 3 is 2.95 bits per heavy atom. The molecular formula is C12H10Cl2N4O2. The van der Waals surface area contributed by atoms with Crippen molar-refractivity contribution in [3.63, 3.8) is 0 Å². The molecule has 0 atom stereocenters. The summed E-state index contributed by atoms with van der Waals surface area (Å²) in [7, 11) is 0. The van der Waals surface area contributed by atoms with Crippen LogP contribution < -0.4 is 10.1 Å². The number of nitrogens with one attached hydrogen (secondary N) is 1. The van der Waals surface area contributed by atoms with Crippen LogP contribution in [0.5, 0.6) is 5.88 Å². The molecule has 0 aliphatic heterocycles. The third kappa shape index (κ3) is 3.34. The van der Waals surface area contributed by atoms with Crippen LogP contribution in [0.3, 0.4) is 0 Å². The van der Waals surface area contributed by atoms with E-state index in [9.17, 15) is 4.79 Å². The van der Waals surface area contributed by atoms with Gasteiger partial charge in [0, 0.05) is 6.20 Å². The highest BCUT2D eigenvalue weighted by Crippen LogP contribution is 2.23. The number of nitrogens with zero attached hydrogens (tertiary/aromatic N) is 3. The van der Waals surface area contributed by atoms with Crippen LogP contribution >= 0.6 is 23.2 Å². The van der Waals surface area contributed by atoms with Crippen molar-refractivity contribution in [1.82, 2.24) is 15.2 Å². The van der Waals surface area contributed by atoms with E-state index in [-0.39, 0.29) is 15.9 Å². The van der Waals surface area contributed by atoms with Crippen molar-refractivity contribution in [2.75, 3.05) is 11.9 Å². The minimum Gasteiger partial charge on any atom is -0.476 e. The van der Waals surface area contributed by atoms with Crippen LogP contribution in [0.15, 0.2) is 24.4 Å². The van der Waals surface area contributed by atoms with Crippen molar-refractivity contribution in [2.24, 2.45) is 0 Å². The minimum atomic E-state index is -0.472. The van der Waals surface area contributed by atoms with E-state index in [0.717, 1.165) is 0 Å². The van der Waals surface area contributed by atoms with Gasteiger partial charge in [0.2, 0.25) is 5.88 Å². The second kappa shape index (κ2) is 6.49. The third-order valence-corrected chi connectivity index (χ3v) is 2.73. The summed E-state index contributed by atoms with van der Waals surface area (Å²) in [5.41, 5.74) is 0.557. The predicted octanol–water partition coefficient (Wildman–Crippen LogP) is 2.83. The predicted molar refractivity (Wildman–Crippen MR) is 75.4 cm³/mol. The van der Waals surface area contributed by atoms with Gasteiger partial charge in [0.1, 0.15) is 5.69 Å². The summed E-state index contributed by atoms with van der Waals surface area (Å²) in [6, 6.07) is 4.68. The van der Waals surface area contributed by atoms with E-state index in [1.807, 2.05) is 6.92 Å². The molecule has 8 heteroatoms. The Kier molecular flexibility index (Phi) is 4.70. The molecule has 1 amide bonds. The van der Waals surface area contributed by atoms with Gasteiger partial charge in [0.25, 0.3) is 5.91 Å². The number of halogens is 2. The first-order chi connectivity index (χ1) is 9.61. The minimum absolute atomic E-state index is 0.0336. The summed E-state index contributed by atoms with van der Waals surface area (Å²) in [5, 5.41) is 9.81. The second-order valence-electron chi connectivity index (χ2n) is 3.61. The number of pyridine rings is 1. The lowest BCUT2D eigenvalue weighted by atomic mass is 10.3. The smallest absolute Gasteiger partial charge is 0.259 e. The first kappa shape index (κ1) is 14.5. The molecule has 0 aliphatic carbocycles. The molecular weight excluding hydrogens is 303 g/mol. The Morgan fingerprint density at radius 2 is 2.20 bits per heavy atom. The molecule has 2 aromatic rings. The standard InChI is InChI=1S/C12H10Cl2N4O2/c1-2-20-12-8(4-3-5-15-12)16-11(19)7-6-9(13)17-18-10(7)14/h3-6H,2H2,1H3,(H,16,19). The van der Waals surface area contributed by atoms with Crippen molar-refractivity contribution in [1.29, 1.82) is 0 Å². The van der Waals surface area contributed by atoms with Crippen LogP contribution in [-0.4, -0.2) is 27.7 Å². The zero-order valence-corrected chi connectivity index (χ0v) is 11.9. The van der Waals surface area contributed by atoms with Gasteiger partial charge in [-0.2, -0.15) is 0 Å². The van der Waals surface area contributed by atoms with Crippen molar-refractivity contribution in [3.05, 3.63) is 40.3 Å². The van der Waals surface area contributed by atoms with Gasteiger partial charge in [0.15, 0.2) is 10.3 Å². The molecule has 2 aromatic heterocycles. The lowest BCUT2D eigenvalue weighted by molar-refractivity contribution is 0.102. The normalized spacial score (nSPS) is 10.2. The van der Waals surface area contributed by atoms with Crippen LogP contribution in [0.25, 0.3) is 0 Å². The fraction of sp³-hybridized carbons (Fsp3) is 0.167. The summed E-state index contributed by atoms with van der Waals surface area (Å²) < 4.78 is 5.31. The first-order valence-electron chi connectivity index (χ1n) is 5.69. The van der Waals surface area contributed by atoms with Gasteiger partial charge in [-0.1, -0.05) is 23.2 Å². The van der Waals surface area contributed by atoms with Gasteiger partial charge in [-0.25, -0.2) is 4.98 Å². The Morgan fingerprint density at radius 1 is 1.40 bits per heavy atom. The number of hydrogen-bond donors (Lipinski definition) is 1. The largest absolute Gasteiger partial charge is 0.476 e. The number of rotatable bonds is 4. The van der Waals surface area contributed by atoms with E-state index in [2.05, 4.69) is 20.5 Å². The molecule has 2 heterocycles. The van der Waals surface area contributed by atoms with E-state index < -0.39 is 5.91 Å². The molecule has 0 unspecified atom stereocenters. The molecule has 0 spiro atoms. The van der Waals surface area contributed by atoms with Crippen molar-refractivity contribution in [2.45, 2.75) is 6.92 Å². The Balaban J connectivity index is 2.26. The number of hydrogen-bond acceptors (Lipinski definition) is 5. The molecule has 1 N–H and O–H groups in total. The molecule has 0 saturated heterocycles. The summed E-state index contributed by atoms with van der Waals surface area (Å²) in [4.78, 5) is 16.2. The van der Waals surface area contributed by atoms with Crippen LogP contribution in [0.1, 0.15) is 17.3 Å². The van der Waals surface area contributed by atoms with Gasteiger partial charge in [-0.05, 0) is 25.1 Å². The highest BCUT2D eigenvalue weighted by atomic mass is 35.5. The maximum absolute atomic E-state index is 12.1. The van der Waals surface area contributed by atoms with Crippen molar-refractivity contribution in [3.8, 4) is 5.88 Å². The summed E-state index contributed by atoms with van der Waals surface area (Å²) in [6.07, 6.45) is 1.57. The molecule has 2 rings (SSSR count). The maximum atomic E-state index is 12.1. The number of ether oxygens (including phenoxy) is 1. The van der Waals surface area contributed by atoms with Crippen LogP contribution in [-0.2, 0) is 0 Å². The zero-order chi connectivity index (χ0) is 14.5.